The van der Waals surface area contributed by atoms with E-state index in [1.165, 1.54) is 0 Å². The van der Waals surface area contributed by atoms with Crippen LogP contribution in [-0.4, -0.2) is 29.8 Å². The lowest BCUT2D eigenvalue weighted by atomic mass is 10.2. The Hall–Kier alpha value is -2.30. The van der Waals surface area contributed by atoms with Crippen LogP contribution in [0.2, 0.25) is 0 Å². The van der Waals surface area contributed by atoms with E-state index in [0.717, 1.165) is 5.69 Å². The molecule has 5 nitrogen and oxygen atoms in total. The lowest BCUT2D eigenvalue weighted by Gasteiger charge is -2.14. The van der Waals surface area contributed by atoms with Gasteiger partial charge in [0.05, 0.1) is 6.20 Å². The third-order valence-corrected chi connectivity index (χ3v) is 3.03. The number of carbonyl (C=O) groups is 1. The first-order chi connectivity index (χ1) is 9.49. The SMILES string of the molecule is CC(C)n1nccc1NC(=O)c1cccc(N(C)C)c1. The van der Waals surface area contributed by atoms with E-state index in [4.69, 9.17) is 0 Å². The minimum Gasteiger partial charge on any atom is -0.378 e. The highest BCUT2D eigenvalue weighted by Crippen LogP contribution is 2.17. The van der Waals surface area contributed by atoms with E-state index in [1.54, 1.807) is 23.0 Å². The molecule has 0 fully saturated rings. The quantitative estimate of drug-likeness (QED) is 0.931. The fourth-order valence-corrected chi connectivity index (χ4v) is 1.94. The molecule has 0 bridgehead atoms. The number of hydrogen-bond acceptors (Lipinski definition) is 3. The lowest BCUT2D eigenvalue weighted by molar-refractivity contribution is 0.102. The van der Waals surface area contributed by atoms with Crippen LogP contribution in [0.4, 0.5) is 11.5 Å². The fourth-order valence-electron chi connectivity index (χ4n) is 1.94. The molecule has 1 aromatic heterocycles. The number of carbonyl (C=O) groups excluding carboxylic acids is 1. The summed E-state index contributed by atoms with van der Waals surface area (Å²) in [6, 6.07) is 9.52. The van der Waals surface area contributed by atoms with Crippen molar-refractivity contribution in [2.24, 2.45) is 0 Å². The number of hydrogen-bond donors (Lipinski definition) is 1. The summed E-state index contributed by atoms with van der Waals surface area (Å²) < 4.78 is 1.79. The molecule has 5 heteroatoms. The molecule has 106 valence electrons. The Morgan fingerprint density at radius 1 is 1.30 bits per heavy atom. The molecule has 0 aliphatic carbocycles. The summed E-state index contributed by atoms with van der Waals surface area (Å²) in [5, 5.41) is 7.10. The Morgan fingerprint density at radius 2 is 2.05 bits per heavy atom. The fraction of sp³-hybridized carbons (Fsp3) is 0.333. The number of benzene rings is 1. The van der Waals surface area contributed by atoms with Crippen LogP contribution in [0.1, 0.15) is 30.2 Å². The second-order valence-corrected chi connectivity index (χ2v) is 5.15. The van der Waals surface area contributed by atoms with Gasteiger partial charge in [-0.3, -0.25) is 4.79 Å². The Morgan fingerprint density at radius 3 is 2.70 bits per heavy atom. The molecule has 0 unspecified atom stereocenters. The predicted molar refractivity (Wildman–Crippen MR) is 81.3 cm³/mol. The molecule has 0 radical (unpaired) electrons. The van der Waals surface area contributed by atoms with Gasteiger partial charge in [-0.15, -0.1) is 0 Å². The molecular weight excluding hydrogens is 252 g/mol. The first-order valence-electron chi connectivity index (χ1n) is 6.61. The van der Waals surface area contributed by atoms with Crippen LogP contribution < -0.4 is 10.2 Å². The van der Waals surface area contributed by atoms with E-state index in [0.29, 0.717) is 11.4 Å². The van der Waals surface area contributed by atoms with Crippen LogP contribution >= 0.6 is 0 Å². The van der Waals surface area contributed by atoms with E-state index >= 15 is 0 Å². The average molecular weight is 272 g/mol. The second kappa shape index (κ2) is 5.77. The van der Waals surface area contributed by atoms with Crippen LogP contribution in [-0.2, 0) is 0 Å². The number of aromatic nitrogens is 2. The smallest absolute Gasteiger partial charge is 0.256 e. The van der Waals surface area contributed by atoms with Crippen LogP contribution in [0, 0.1) is 0 Å². The van der Waals surface area contributed by atoms with Gasteiger partial charge in [0, 0.05) is 37.5 Å². The largest absolute Gasteiger partial charge is 0.378 e. The molecule has 0 atom stereocenters. The summed E-state index contributed by atoms with van der Waals surface area (Å²) in [6.45, 7) is 4.05. The van der Waals surface area contributed by atoms with Crippen molar-refractivity contribution in [3.05, 3.63) is 42.1 Å². The molecule has 0 saturated heterocycles. The van der Waals surface area contributed by atoms with Crippen LogP contribution in [0.15, 0.2) is 36.5 Å². The van der Waals surface area contributed by atoms with Gasteiger partial charge in [-0.1, -0.05) is 6.07 Å². The second-order valence-electron chi connectivity index (χ2n) is 5.15. The van der Waals surface area contributed by atoms with Crippen LogP contribution in [0.25, 0.3) is 0 Å². The maximum Gasteiger partial charge on any atom is 0.256 e. The lowest BCUT2D eigenvalue weighted by Crippen LogP contribution is -2.17. The number of amides is 1. The zero-order valence-corrected chi connectivity index (χ0v) is 12.3. The Balaban J connectivity index is 2.20. The third-order valence-electron chi connectivity index (χ3n) is 3.03. The molecule has 2 aromatic rings. The molecule has 0 spiro atoms. The highest BCUT2D eigenvalue weighted by atomic mass is 16.1. The van der Waals surface area contributed by atoms with E-state index < -0.39 is 0 Å². The van der Waals surface area contributed by atoms with Gasteiger partial charge in [-0.05, 0) is 32.0 Å². The minimum atomic E-state index is -0.129. The summed E-state index contributed by atoms with van der Waals surface area (Å²) >= 11 is 0. The molecule has 1 aromatic carbocycles. The Bertz CT molecular complexity index is 601. The molecule has 0 aliphatic heterocycles. The molecule has 20 heavy (non-hydrogen) atoms. The van der Waals surface area contributed by atoms with Gasteiger partial charge in [-0.2, -0.15) is 5.10 Å². The van der Waals surface area contributed by atoms with E-state index in [1.807, 2.05) is 51.0 Å². The van der Waals surface area contributed by atoms with Crippen molar-refractivity contribution in [3.8, 4) is 0 Å². The molecule has 1 N–H and O–H groups in total. The number of anilines is 2. The molecule has 2 rings (SSSR count). The third kappa shape index (κ3) is 2.99. The van der Waals surface area contributed by atoms with Crippen molar-refractivity contribution in [2.75, 3.05) is 24.3 Å². The van der Waals surface area contributed by atoms with Gasteiger partial charge in [0.25, 0.3) is 5.91 Å². The first-order valence-corrected chi connectivity index (χ1v) is 6.61. The zero-order valence-electron chi connectivity index (χ0n) is 12.3. The minimum absolute atomic E-state index is 0.129. The van der Waals surface area contributed by atoms with Gasteiger partial charge >= 0.3 is 0 Å². The summed E-state index contributed by atoms with van der Waals surface area (Å²) in [5.41, 5.74) is 1.63. The predicted octanol–water partition coefficient (Wildman–Crippen LogP) is 2.78. The highest BCUT2D eigenvalue weighted by Gasteiger charge is 2.11. The van der Waals surface area contributed by atoms with Crippen molar-refractivity contribution < 1.29 is 4.79 Å². The number of nitrogens with zero attached hydrogens (tertiary/aromatic N) is 3. The van der Waals surface area contributed by atoms with Crippen molar-refractivity contribution in [1.82, 2.24) is 9.78 Å². The topological polar surface area (TPSA) is 50.2 Å². The molecule has 0 aliphatic rings. The standard InChI is InChI=1S/C15H20N4O/c1-11(2)19-14(8-9-16-19)17-15(20)12-6-5-7-13(10-12)18(3)4/h5-11H,1-4H3,(H,17,20). The maximum absolute atomic E-state index is 12.3. The number of nitrogens with one attached hydrogen (secondary N) is 1. The van der Waals surface area contributed by atoms with Crippen molar-refractivity contribution in [2.45, 2.75) is 19.9 Å². The summed E-state index contributed by atoms with van der Waals surface area (Å²) in [7, 11) is 3.90. The normalized spacial score (nSPS) is 10.7. The highest BCUT2D eigenvalue weighted by molar-refractivity contribution is 6.04. The van der Waals surface area contributed by atoms with Crippen molar-refractivity contribution in [1.29, 1.82) is 0 Å². The average Bonchev–Trinajstić information content (AvgIpc) is 2.87. The van der Waals surface area contributed by atoms with E-state index in [9.17, 15) is 4.79 Å². The van der Waals surface area contributed by atoms with Gasteiger partial charge in [0.2, 0.25) is 0 Å². The van der Waals surface area contributed by atoms with Gasteiger partial charge in [0.1, 0.15) is 5.82 Å². The van der Waals surface area contributed by atoms with E-state index in [2.05, 4.69) is 10.4 Å². The molecule has 0 saturated carbocycles. The van der Waals surface area contributed by atoms with Crippen LogP contribution in [0.3, 0.4) is 0 Å². The summed E-state index contributed by atoms with van der Waals surface area (Å²) in [4.78, 5) is 14.3. The molecule has 1 amide bonds. The van der Waals surface area contributed by atoms with Crippen LogP contribution in [0.5, 0.6) is 0 Å². The Kier molecular flexibility index (Phi) is 4.08. The summed E-state index contributed by atoms with van der Waals surface area (Å²) in [6.07, 6.45) is 1.69. The van der Waals surface area contributed by atoms with Gasteiger partial charge in [0.15, 0.2) is 0 Å². The van der Waals surface area contributed by atoms with Gasteiger partial charge < -0.3 is 10.2 Å². The monoisotopic (exact) mass is 272 g/mol. The van der Waals surface area contributed by atoms with E-state index in [-0.39, 0.29) is 11.9 Å². The molecular formula is C15H20N4O. The molecule has 1 heterocycles. The van der Waals surface area contributed by atoms with Gasteiger partial charge in [-0.25, -0.2) is 4.68 Å². The Labute approximate surface area is 119 Å². The zero-order chi connectivity index (χ0) is 14.7. The summed E-state index contributed by atoms with van der Waals surface area (Å²) in [5.74, 6) is 0.580. The van der Waals surface area contributed by atoms with Crippen molar-refractivity contribution >= 4 is 17.4 Å². The maximum atomic E-state index is 12.3. The number of rotatable bonds is 4. The van der Waals surface area contributed by atoms with Crippen molar-refractivity contribution in [3.63, 3.8) is 0 Å². The first kappa shape index (κ1) is 14.1.